The van der Waals surface area contributed by atoms with Crippen molar-refractivity contribution in [3.63, 3.8) is 0 Å². The van der Waals surface area contributed by atoms with E-state index in [4.69, 9.17) is 4.42 Å². The van der Waals surface area contributed by atoms with Crippen LogP contribution in [0.15, 0.2) is 156 Å². The molecular formula is C45H31NO. The maximum atomic E-state index is 6.47. The van der Waals surface area contributed by atoms with E-state index in [1.165, 1.54) is 54.6 Å². The van der Waals surface area contributed by atoms with E-state index in [9.17, 15) is 0 Å². The molecule has 0 fully saturated rings. The maximum Gasteiger partial charge on any atom is 0.137 e. The van der Waals surface area contributed by atoms with Gasteiger partial charge in [-0.2, -0.15) is 0 Å². The lowest BCUT2D eigenvalue weighted by atomic mass is 9.82. The normalized spacial score (nSPS) is 13.5. The third kappa shape index (κ3) is 3.73. The van der Waals surface area contributed by atoms with Crippen molar-refractivity contribution in [2.45, 2.75) is 19.3 Å². The zero-order valence-electron chi connectivity index (χ0n) is 26.3. The quantitative estimate of drug-likeness (QED) is 0.187. The predicted octanol–water partition coefficient (Wildman–Crippen LogP) is 12.8. The molecule has 0 N–H and O–H groups in total. The van der Waals surface area contributed by atoms with E-state index in [2.05, 4.69) is 164 Å². The zero-order chi connectivity index (χ0) is 31.3. The van der Waals surface area contributed by atoms with Crippen molar-refractivity contribution in [1.82, 2.24) is 0 Å². The van der Waals surface area contributed by atoms with Gasteiger partial charge in [0.05, 0.1) is 5.69 Å². The molecule has 10 rings (SSSR count). The minimum absolute atomic E-state index is 0.117. The van der Waals surface area contributed by atoms with Gasteiger partial charge in [0.1, 0.15) is 11.2 Å². The average molecular weight is 602 g/mol. The topological polar surface area (TPSA) is 16.4 Å². The number of benzene rings is 8. The van der Waals surface area contributed by atoms with Crippen LogP contribution in [0, 0.1) is 0 Å². The molecule has 222 valence electrons. The first-order valence-corrected chi connectivity index (χ1v) is 16.4. The molecule has 1 aliphatic rings. The summed E-state index contributed by atoms with van der Waals surface area (Å²) in [5.41, 5.74) is 10.4. The number of fused-ring (bicyclic) bond motifs is 11. The Kier molecular flexibility index (Phi) is 5.37. The van der Waals surface area contributed by atoms with Gasteiger partial charge in [0.15, 0.2) is 0 Å². The third-order valence-corrected chi connectivity index (χ3v) is 10.4. The Morgan fingerprint density at radius 1 is 0.447 bits per heavy atom. The van der Waals surface area contributed by atoms with Crippen LogP contribution >= 0.6 is 0 Å². The fraction of sp³-hybridized carbons (Fsp3) is 0.0667. The summed E-state index contributed by atoms with van der Waals surface area (Å²) in [6, 6.07) is 55.4. The van der Waals surface area contributed by atoms with Gasteiger partial charge in [-0.05, 0) is 85.6 Å². The van der Waals surface area contributed by atoms with Gasteiger partial charge in [-0.1, -0.05) is 123 Å². The first-order valence-electron chi connectivity index (χ1n) is 16.4. The van der Waals surface area contributed by atoms with Gasteiger partial charge in [0, 0.05) is 39.0 Å². The fourth-order valence-corrected chi connectivity index (χ4v) is 8.15. The molecule has 0 unspecified atom stereocenters. The van der Waals surface area contributed by atoms with Gasteiger partial charge < -0.3 is 9.32 Å². The Hall–Kier alpha value is -5.86. The molecule has 1 aliphatic carbocycles. The summed E-state index contributed by atoms with van der Waals surface area (Å²) < 4.78 is 6.47. The van der Waals surface area contributed by atoms with Crippen LogP contribution in [-0.4, -0.2) is 0 Å². The van der Waals surface area contributed by atoms with Crippen LogP contribution in [0.2, 0.25) is 0 Å². The number of rotatable bonds is 3. The second-order valence-electron chi connectivity index (χ2n) is 13.3. The smallest absolute Gasteiger partial charge is 0.137 e. The molecule has 0 saturated heterocycles. The van der Waals surface area contributed by atoms with Crippen LogP contribution in [0.4, 0.5) is 17.1 Å². The van der Waals surface area contributed by atoms with E-state index in [0.29, 0.717) is 0 Å². The van der Waals surface area contributed by atoms with Crippen molar-refractivity contribution in [2.75, 3.05) is 4.90 Å². The minimum atomic E-state index is -0.117. The van der Waals surface area contributed by atoms with Crippen molar-refractivity contribution < 1.29 is 4.42 Å². The maximum absolute atomic E-state index is 6.47. The molecule has 8 aromatic carbocycles. The van der Waals surface area contributed by atoms with Gasteiger partial charge in [-0.3, -0.25) is 0 Å². The lowest BCUT2D eigenvalue weighted by Crippen LogP contribution is -2.16. The summed E-state index contributed by atoms with van der Waals surface area (Å²) in [5, 5.41) is 9.71. The summed E-state index contributed by atoms with van der Waals surface area (Å²) in [6.07, 6.45) is 0. The largest absolute Gasteiger partial charge is 0.456 e. The highest BCUT2D eigenvalue weighted by molar-refractivity contribution is 6.23. The number of hydrogen-bond acceptors (Lipinski definition) is 2. The molecule has 0 radical (unpaired) electrons. The van der Waals surface area contributed by atoms with E-state index in [1.807, 2.05) is 6.07 Å². The van der Waals surface area contributed by atoms with Gasteiger partial charge in [0.2, 0.25) is 0 Å². The van der Waals surface area contributed by atoms with E-state index >= 15 is 0 Å². The fourth-order valence-electron chi connectivity index (χ4n) is 8.15. The Labute approximate surface area is 273 Å². The molecule has 0 atom stereocenters. The summed E-state index contributed by atoms with van der Waals surface area (Å²) in [4.78, 5) is 2.45. The van der Waals surface area contributed by atoms with Gasteiger partial charge in [-0.15, -0.1) is 0 Å². The number of nitrogens with zero attached hydrogens (tertiary/aromatic N) is 1. The summed E-state index contributed by atoms with van der Waals surface area (Å²) in [6.45, 7) is 4.70. The van der Waals surface area contributed by atoms with Gasteiger partial charge >= 0.3 is 0 Å². The number of furan rings is 1. The van der Waals surface area contributed by atoms with Crippen LogP contribution < -0.4 is 4.90 Å². The standard InChI is InChI=1S/C45H31NO/c1-45(2)39-17-9-7-15-34(39)35-23-20-30(26-40(35)45)46(31-21-24-37-36-16-8-10-18-42(36)47-43(37)27-31)41-25-29-12-4-5-13-32(29)38-22-19-28-11-3-6-14-33(28)44(38)41/h3-27H,1-2H3. The second kappa shape index (κ2) is 9.57. The summed E-state index contributed by atoms with van der Waals surface area (Å²) >= 11 is 0. The van der Waals surface area contributed by atoms with Crippen molar-refractivity contribution >= 4 is 71.3 Å². The monoisotopic (exact) mass is 601 g/mol. The molecule has 0 bridgehead atoms. The number of para-hydroxylation sites is 1. The van der Waals surface area contributed by atoms with Gasteiger partial charge in [0.25, 0.3) is 0 Å². The molecule has 0 spiro atoms. The van der Waals surface area contributed by atoms with Crippen LogP contribution in [-0.2, 0) is 5.41 Å². The first-order chi connectivity index (χ1) is 23.1. The first kappa shape index (κ1) is 26.4. The summed E-state index contributed by atoms with van der Waals surface area (Å²) in [5.74, 6) is 0. The van der Waals surface area contributed by atoms with Crippen molar-refractivity contribution in [3.8, 4) is 11.1 Å². The number of anilines is 3. The predicted molar refractivity (Wildman–Crippen MR) is 198 cm³/mol. The Balaban J connectivity index is 1.31. The highest BCUT2D eigenvalue weighted by Crippen LogP contribution is 2.52. The molecule has 0 amide bonds. The lowest BCUT2D eigenvalue weighted by Gasteiger charge is -2.30. The van der Waals surface area contributed by atoms with Crippen LogP contribution in [0.5, 0.6) is 0 Å². The molecule has 2 nitrogen and oxygen atoms in total. The van der Waals surface area contributed by atoms with Crippen molar-refractivity contribution in [2.24, 2.45) is 0 Å². The minimum Gasteiger partial charge on any atom is -0.456 e. The van der Waals surface area contributed by atoms with Gasteiger partial charge in [-0.25, -0.2) is 0 Å². The SMILES string of the molecule is CC1(C)c2ccccc2-c2ccc(N(c3ccc4c(c3)oc3ccccc34)c3cc4ccccc4c4ccc5ccccc5c34)cc21. The third-order valence-electron chi connectivity index (χ3n) is 10.4. The zero-order valence-corrected chi connectivity index (χ0v) is 26.3. The Bertz CT molecular complexity index is 2730. The molecule has 2 heteroatoms. The Morgan fingerprint density at radius 2 is 1.09 bits per heavy atom. The average Bonchev–Trinajstić information content (AvgIpc) is 3.59. The van der Waals surface area contributed by atoms with E-state index < -0.39 is 0 Å². The molecule has 0 aliphatic heterocycles. The van der Waals surface area contributed by atoms with Crippen molar-refractivity contribution in [1.29, 1.82) is 0 Å². The lowest BCUT2D eigenvalue weighted by molar-refractivity contribution is 0.660. The second-order valence-corrected chi connectivity index (χ2v) is 13.3. The van der Waals surface area contributed by atoms with E-state index in [-0.39, 0.29) is 5.41 Å². The molecule has 0 saturated carbocycles. The van der Waals surface area contributed by atoms with E-state index in [1.54, 1.807) is 0 Å². The molecule has 47 heavy (non-hydrogen) atoms. The molecule has 1 aromatic heterocycles. The van der Waals surface area contributed by atoms with Crippen LogP contribution in [0.3, 0.4) is 0 Å². The van der Waals surface area contributed by atoms with Crippen LogP contribution in [0.25, 0.3) is 65.4 Å². The summed E-state index contributed by atoms with van der Waals surface area (Å²) in [7, 11) is 0. The van der Waals surface area contributed by atoms with E-state index in [0.717, 1.165) is 39.0 Å². The molecule has 9 aromatic rings. The highest BCUT2D eigenvalue weighted by Gasteiger charge is 2.36. The Morgan fingerprint density at radius 3 is 1.98 bits per heavy atom. The van der Waals surface area contributed by atoms with Crippen molar-refractivity contribution in [3.05, 3.63) is 163 Å². The number of hydrogen-bond donors (Lipinski definition) is 0. The van der Waals surface area contributed by atoms with Crippen LogP contribution in [0.1, 0.15) is 25.0 Å². The highest BCUT2D eigenvalue weighted by atomic mass is 16.3. The molecule has 1 heterocycles. The molecular weight excluding hydrogens is 571 g/mol.